The SMILES string of the molecule is CCCNCc1ccc(Oc2ccc(F)cc2)cc1Cl. The Balaban J connectivity index is 2.03. The average Bonchev–Trinajstić information content (AvgIpc) is 2.44. The van der Waals surface area contributed by atoms with E-state index in [1.54, 1.807) is 18.2 Å². The van der Waals surface area contributed by atoms with Crippen LogP contribution in [-0.2, 0) is 6.54 Å². The van der Waals surface area contributed by atoms with Crippen molar-refractivity contribution in [2.24, 2.45) is 0 Å². The molecule has 0 unspecified atom stereocenters. The molecule has 20 heavy (non-hydrogen) atoms. The minimum atomic E-state index is -0.285. The molecular formula is C16H17ClFNO. The summed E-state index contributed by atoms with van der Waals surface area (Å²) < 4.78 is 18.4. The fourth-order valence-corrected chi connectivity index (χ4v) is 2.01. The van der Waals surface area contributed by atoms with Crippen molar-refractivity contribution < 1.29 is 9.13 Å². The van der Waals surface area contributed by atoms with Gasteiger partial charge in [0, 0.05) is 11.6 Å². The van der Waals surface area contributed by atoms with Crippen molar-refractivity contribution in [1.82, 2.24) is 5.32 Å². The molecule has 0 fully saturated rings. The molecule has 0 aliphatic carbocycles. The number of rotatable bonds is 6. The third-order valence-corrected chi connectivity index (χ3v) is 3.17. The summed E-state index contributed by atoms with van der Waals surface area (Å²) in [4.78, 5) is 0. The van der Waals surface area contributed by atoms with Crippen molar-refractivity contribution in [1.29, 1.82) is 0 Å². The Kier molecular flexibility index (Phi) is 5.39. The first-order chi connectivity index (χ1) is 9.69. The molecule has 0 aliphatic heterocycles. The molecule has 1 N–H and O–H groups in total. The zero-order valence-corrected chi connectivity index (χ0v) is 12.1. The molecule has 106 valence electrons. The van der Waals surface area contributed by atoms with Gasteiger partial charge in [0.15, 0.2) is 0 Å². The fourth-order valence-electron chi connectivity index (χ4n) is 1.77. The second-order valence-electron chi connectivity index (χ2n) is 4.49. The van der Waals surface area contributed by atoms with Crippen LogP contribution >= 0.6 is 11.6 Å². The van der Waals surface area contributed by atoms with Crippen molar-refractivity contribution in [3.63, 3.8) is 0 Å². The van der Waals surface area contributed by atoms with Gasteiger partial charge in [-0.2, -0.15) is 0 Å². The summed E-state index contributed by atoms with van der Waals surface area (Å²) in [6.07, 6.45) is 1.09. The largest absolute Gasteiger partial charge is 0.457 e. The molecule has 4 heteroatoms. The van der Waals surface area contributed by atoms with Crippen LogP contribution in [0.4, 0.5) is 4.39 Å². The molecule has 0 bridgehead atoms. The average molecular weight is 294 g/mol. The van der Waals surface area contributed by atoms with Crippen LogP contribution in [0.5, 0.6) is 11.5 Å². The Labute approximate surface area is 123 Å². The van der Waals surface area contributed by atoms with E-state index in [4.69, 9.17) is 16.3 Å². The maximum Gasteiger partial charge on any atom is 0.128 e. The summed E-state index contributed by atoms with van der Waals surface area (Å²) in [6.45, 7) is 3.82. The third kappa shape index (κ3) is 4.22. The number of benzene rings is 2. The first kappa shape index (κ1) is 14.8. The van der Waals surface area contributed by atoms with E-state index in [2.05, 4.69) is 12.2 Å². The van der Waals surface area contributed by atoms with E-state index in [-0.39, 0.29) is 5.82 Å². The van der Waals surface area contributed by atoms with Crippen LogP contribution in [0.3, 0.4) is 0 Å². The van der Waals surface area contributed by atoms with E-state index in [0.717, 1.165) is 25.1 Å². The van der Waals surface area contributed by atoms with Gasteiger partial charge in [0.2, 0.25) is 0 Å². The maximum atomic E-state index is 12.8. The topological polar surface area (TPSA) is 21.3 Å². The van der Waals surface area contributed by atoms with Crippen molar-refractivity contribution in [2.75, 3.05) is 6.54 Å². The number of nitrogens with one attached hydrogen (secondary N) is 1. The van der Waals surface area contributed by atoms with Crippen molar-refractivity contribution in [3.8, 4) is 11.5 Å². The number of ether oxygens (including phenoxy) is 1. The van der Waals surface area contributed by atoms with Gasteiger partial charge < -0.3 is 10.1 Å². The predicted molar refractivity (Wildman–Crippen MR) is 79.9 cm³/mol. The van der Waals surface area contributed by atoms with Crippen LogP contribution < -0.4 is 10.1 Å². The molecule has 0 spiro atoms. The number of hydrogen-bond acceptors (Lipinski definition) is 2. The van der Waals surface area contributed by atoms with E-state index in [1.165, 1.54) is 12.1 Å². The lowest BCUT2D eigenvalue weighted by atomic mass is 10.2. The second-order valence-corrected chi connectivity index (χ2v) is 4.89. The monoisotopic (exact) mass is 293 g/mol. The zero-order valence-electron chi connectivity index (χ0n) is 11.3. The molecule has 0 atom stereocenters. The van der Waals surface area contributed by atoms with Crippen molar-refractivity contribution >= 4 is 11.6 Å². The summed E-state index contributed by atoms with van der Waals surface area (Å²) in [6, 6.07) is 11.5. The van der Waals surface area contributed by atoms with E-state index >= 15 is 0 Å². The Morgan fingerprint density at radius 2 is 1.80 bits per heavy atom. The zero-order chi connectivity index (χ0) is 14.4. The lowest BCUT2D eigenvalue weighted by Gasteiger charge is -2.09. The molecule has 2 rings (SSSR count). The van der Waals surface area contributed by atoms with Crippen LogP contribution in [0.25, 0.3) is 0 Å². The molecule has 2 aromatic carbocycles. The van der Waals surface area contributed by atoms with Gasteiger partial charge in [0.25, 0.3) is 0 Å². The van der Waals surface area contributed by atoms with Crippen LogP contribution in [0.1, 0.15) is 18.9 Å². The van der Waals surface area contributed by atoms with Gasteiger partial charge in [-0.25, -0.2) is 4.39 Å². The van der Waals surface area contributed by atoms with Crippen molar-refractivity contribution in [3.05, 3.63) is 58.9 Å². The smallest absolute Gasteiger partial charge is 0.128 e. The number of halogens is 2. The summed E-state index contributed by atoms with van der Waals surface area (Å²) >= 11 is 6.22. The Bertz CT molecular complexity index is 557. The predicted octanol–water partition coefficient (Wildman–Crippen LogP) is 4.77. The maximum absolute atomic E-state index is 12.8. The normalized spacial score (nSPS) is 10.6. The van der Waals surface area contributed by atoms with Gasteiger partial charge in [-0.05, 0) is 54.9 Å². The van der Waals surface area contributed by atoms with E-state index in [9.17, 15) is 4.39 Å². The van der Waals surface area contributed by atoms with Gasteiger partial charge >= 0.3 is 0 Å². The van der Waals surface area contributed by atoms with Gasteiger partial charge in [0.05, 0.1) is 0 Å². The second kappa shape index (κ2) is 7.27. The summed E-state index contributed by atoms with van der Waals surface area (Å²) in [5.41, 5.74) is 1.03. The lowest BCUT2D eigenvalue weighted by molar-refractivity contribution is 0.480. The Hall–Kier alpha value is -1.58. The molecule has 0 radical (unpaired) electrons. The minimum absolute atomic E-state index is 0.285. The molecule has 0 heterocycles. The van der Waals surface area contributed by atoms with Gasteiger partial charge in [-0.15, -0.1) is 0 Å². The van der Waals surface area contributed by atoms with Crippen LogP contribution in [-0.4, -0.2) is 6.54 Å². The van der Waals surface area contributed by atoms with Crippen LogP contribution in [0.15, 0.2) is 42.5 Å². The van der Waals surface area contributed by atoms with Crippen LogP contribution in [0, 0.1) is 5.82 Å². The molecule has 0 aliphatic rings. The van der Waals surface area contributed by atoms with E-state index in [1.807, 2.05) is 12.1 Å². The first-order valence-electron chi connectivity index (χ1n) is 6.61. The highest BCUT2D eigenvalue weighted by atomic mass is 35.5. The molecule has 2 nitrogen and oxygen atoms in total. The molecule has 0 amide bonds. The Morgan fingerprint density at radius 1 is 1.10 bits per heavy atom. The fraction of sp³-hybridized carbons (Fsp3) is 0.250. The summed E-state index contributed by atoms with van der Waals surface area (Å²) in [5, 5.41) is 3.96. The van der Waals surface area contributed by atoms with Gasteiger partial charge in [0.1, 0.15) is 17.3 Å². The number of hydrogen-bond donors (Lipinski definition) is 1. The molecule has 2 aromatic rings. The van der Waals surface area contributed by atoms with Gasteiger partial charge in [-0.3, -0.25) is 0 Å². The molecule has 0 saturated carbocycles. The molecule has 0 aromatic heterocycles. The standard InChI is InChI=1S/C16H17ClFNO/c1-2-9-19-11-12-3-6-15(10-16(12)17)20-14-7-4-13(18)5-8-14/h3-8,10,19H,2,9,11H2,1H3. The summed E-state index contributed by atoms with van der Waals surface area (Å²) in [7, 11) is 0. The lowest BCUT2D eigenvalue weighted by Crippen LogP contribution is -2.13. The first-order valence-corrected chi connectivity index (χ1v) is 6.99. The highest BCUT2D eigenvalue weighted by Gasteiger charge is 2.04. The van der Waals surface area contributed by atoms with E-state index in [0.29, 0.717) is 16.5 Å². The van der Waals surface area contributed by atoms with Crippen molar-refractivity contribution in [2.45, 2.75) is 19.9 Å². The highest BCUT2D eigenvalue weighted by Crippen LogP contribution is 2.26. The quantitative estimate of drug-likeness (QED) is 0.775. The Morgan fingerprint density at radius 3 is 2.45 bits per heavy atom. The third-order valence-electron chi connectivity index (χ3n) is 2.82. The van der Waals surface area contributed by atoms with Gasteiger partial charge in [-0.1, -0.05) is 24.6 Å². The minimum Gasteiger partial charge on any atom is -0.457 e. The molecule has 0 saturated heterocycles. The van der Waals surface area contributed by atoms with Crippen LogP contribution in [0.2, 0.25) is 5.02 Å². The van der Waals surface area contributed by atoms with E-state index < -0.39 is 0 Å². The summed E-state index contributed by atoms with van der Waals surface area (Å²) in [5.74, 6) is 0.938. The molecular weight excluding hydrogens is 277 g/mol. The highest BCUT2D eigenvalue weighted by molar-refractivity contribution is 6.31.